The third kappa shape index (κ3) is 2.97. The first kappa shape index (κ1) is 13.6. The maximum atomic E-state index is 12.2. The van der Waals surface area contributed by atoms with E-state index in [0.29, 0.717) is 32.7 Å². The van der Waals surface area contributed by atoms with Crippen molar-refractivity contribution in [1.82, 2.24) is 9.80 Å². The van der Waals surface area contributed by atoms with Crippen LogP contribution in [0.1, 0.15) is 10.4 Å². The Morgan fingerprint density at radius 1 is 1.11 bits per heavy atom. The number of hydrogen-bond donors (Lipinski definition) is 3. The summed E-state index contributed by atoms with van der Waals surface area (Å²) in [6, 6.07) is 4.25. The van der Waals surface area contributed by atoms with E-state index in [1.165, 1.54) is 18.2 Å². The number of benzene rings is 1. The lowest BCUT2D eigenvalue weighted by Gasteiger charge is -2.34. The number of phenolic OH excluding ortho intramolecular Hbond substituents is 2. The smallest absolute Gasteiger partial charge is 0.261 e. The van der Waals surface area contributed by atoms with E-state index < -0.39 is 0 Å². The molecule has 0 aliphatic carbocycles. The first-order chi connectivity index (χ1) is 9.13. The Labute approximate surface area is 111 Å². The number of nitrogens with zero attached hydrogens (tertiary/aromatic N) is 2. The van der Waals surface area contributed by atoms with Crippen molar-refractivity contribution < 1.29 is 20.1 Å². The predicted molar refractivity (Wildman–Crippen MR) is 69.2 cm³/mol. The average molecular weight is 266 g/mol. The molecular formula is C13H18N2O4. The van der Waals surface area contributed by atoms with Crippen LogP contribution in [0.3, 0.4) is 0 Å². The van der Waals surface area contributed by atoms with Gasteiger partial charge in [0.15, 0.2) is 0 Å². The van der Waals surface area contributed by atoms with Crippen LogP contribution in [0.15, 0.2) is 18.2 Å². The lowest BCUT2D eigenvalue weighted by atomic mass is 10.1. The van der Waals surface area contributed by atoms with Crippen LogP contribution < -0.4 is 0 Å². The van der Waals surface area contributed by atoms with Crippen LogP contribution in [0, 0.1) is 0 Å². The third-order valence-electron chi connectivity index (χ3n) is 3.31. The number of β-amino-alcohol motifs (C(OH)–C–C–N with tert-alkyl or cyclic N) is 1. The van der Waals surface area contributed by atoms with E-state index in [4.69, 9.17) is 5.11 Å². The molecule has 1 aliphatic rings. The number of aliphatic hydroxyl groups excluding tert-OH is 1. The molecule has 6 nitrogen and oxygen atoms in total. The number of aromatic hydroxyl groups is 2. The van der Waals surface area contributed by atoms with Crippen LogP contribution in [0.4, 0.5) is 0 Å². The molecule has 2 rings (SSSR count). The second kappa shape index (κ2) is 5.90. The fraction of sp³-hybridized carbons (Fsp3) is 0.462. The summed E-state index contributed by atoms with van der Waals surface area (Å²) in [4.78, 5) is 15.9. The van der Waals surface area contributed by atoms with Gasteiger partial charge in [0.1, 0.15) is 17.1 Å². The highest BCUT2D eigenvalue weighted by molar-refractivity contribution is 5.99. The van der Waals surface area contributed by atoms with Crippen LogP contribution in [-0.2, 0) is 0 Å². The van der Waals surface area contributed by atoms with Crippen LogP contribution >= 0.6 is 0 Å². The largest absolute Gasteiger partial charge is 0.507 e. The van der Waals surface area contributed by atoms with Gasteiger partial charge in [-0.05, 0) is 12.1 Å². The highest BCUT2D eigenvalue weighted by Gasteiger charge is 2.25. The van der Waals surface area contributed by atoms with Crippen molar-refractivity contribution in [3.05, 3.63) is 23.8 Å². The summed E-state index contributed by atoms with van der Waals surface area (Å²) >= 11 is 0. The van der Waals surface area contributed by atoms with E-state index in [9.17, 15) is 15.0 Å². The van der Waals surface area contributed by atoms with Gasteiger partial charge in [0.2, 0.25) is 0 Å². The zero-order valence-electron chi connectivity index (χ0n) is 10.6. The Bertz CT molecular complexity index is 436. The summed E-state index contributed by atoms with van der Waals surface area (Å²) < 4.78 is 0. The van der Waals surface area contributed by atoms with Crippen LogP contribution in [-0.4, -0.2) is 70.4 Å². The molecule has 1 heterocycles. The van der Waals surface area contributed by atoms with Gasteiger partial charge in [-0.25, -0.2) is 0 Å². The van der Waals surface area contributed by atoms with E-state index >= 15 is 0 Å². The molecule has 0 atom stereocenters. The van der Waals surface area contributed by atoms with E-state index in [-0.39, 0.29) is 29.6 Å². The Morgan fingerprint density at radius 2 is 1.68 bits per heavy atom. The minimum Gasteiger partial charge on any atom is -0.507 e. The van der Waals surface area contributed by atoms with Crippen molar-refractivity contribution >= 4 is 5.91 Å². The standard InChI is InChI=1S/C13H18N2O4/c16-9-8-14-4-6-15(7-5-14)13(19)12-10(17)2-1-3-11(12)18/h1-3,16-18H,4-9H2. The third-order valence-corrected chi connectivity index (χ3v) is 3.31. The van der Waals surface area contributed by atoms with E-state index in [1.54, 1.807) is 4.90 Å². The summed E-state index contributed by atoms with van der Waals surface area (Å²) in [5.74, 6) is -0.773. The van der Waals surface area contributed by atoms with Gasteiger partial charge in [0.25, 0.3) is 5.91 Å². The molecule has 6 heteroatoms. The van der Waals surface area contributed by atoms with E-state index in [2.05, 4.69) is 4.90 Å². The molecule has 104 valence electrons. The van der Waals surface area contributed by atoms with Crippen molar-refractivity contribution in [3.8, 4) is 11.5 Å². The zero-order chi connectivity index (χ0) is 13.8. The molecule has 0 saturated carbocycles. The molecule has 0 bridgehead atoms. The molecule has 3 N–H and O–H groups in total. The summed E-state index contributed by atoms with van der Waals surface area (Å²) in [5, 5.41) is 28.2. The number of phenols is 2. The van der Waals surface area contributed by atoms with Crippen molar-refractivity contribution in [1.29, 1.82) is 0 Å². The van der Waals surface area contributed by atoms with Gasteiger partial charge < -0.3 is 20.2 Å². The summed E-state index contributed by atoms with van der Waals surface area (Å²) in [6.07, 6.45) is 0. The second-order valence-corrected chi connectivity index (χ2v) is 4.53. The summed E-state index contributed by atoms with van der Waals surface area (Å²) in [6.45, 7) is 3.11. The topological polar surface area (TPSA) is 84.2 Å². The first-order valence-electron chi connectivity index (χ1n) is 6.27. The lowest BCUT2D eigenvalue weighted by molar-refractivity contribution is 0.0609. The Morgan fingerprint density at radius 3 is 2.21 bits per heavy atom. The average Bonchev–Trinajstić information content (AvgIpc) is 2.39. The van der Waals surface area contributed by atoms with Gasteiger partial charge in [-0.3, -0.25) is 9.69 Å². The Kier molecular flexibility index (Phi) is 4.24. The van der Waals surface area contributed by atoms with Crippen molar-refractivity contribution in [2.75, 3.05) is 39.3 Å². The molecular weight excluding hydrogens is 248 g/mol. The van der Waals surface area contributed by atoms with Gasteiger partial charge in [-0.2, -0.15) is 0 Å². The van der Waals surface area contributed by atoms with Gasteiger partial charge >= 0.3 is 0 Å². The molecule has 1 aromatic carbocycles. The maximum absolute atomic E-state index is 12.2. The Hall–Kier alpha value is -1.79. The van der Waals surface area contributed by atoms with Gasteiger partial charge in [0, 0.05) is 32.7 Å². The van der Waals surface area contributed by atoms with Crippen molar-refractivity contribution in [2.45, 2.75) is 0 Å². The fourth-order valence-electron chi connectivity index (χ4n) is 2.22. The summed E-state index contributed by atoms with van der Waals surface area (Å²) in [7, 11) is 0. The van der Waals surface area contributed by atoms with Crippen molar-refractivity contribution in [2.24, 2.45) is 0 Å². The van der Waals surface area contributed by atoms with Crippen LogP contribution in [0.25, 0.3) is 0 Å². The minimum atomic E-state index is -0.362. The molecule has 0 spiro atoms. The van der Waals surface area contributed by atoms with Crippen LogP contribution in [0.5, 0.6) is 11.5 Å². The number of rotatable bonds is 3. The first-order valence-corrected chi connectivity index (χ1v) is 6.27. The van der Waals surface area contributed by atoms with Gasteiger partial charge in [0.05, 0.1) is 6.61 Å². The number of aliphatic hydroxyl groups is 1. The predicted octanol–water partition coefficient (Wildman–Crippen LogP) is -0.152. The second-order valence-electron chi connectivity index (χ2n) is 4.53. The highest BCUT2D eigenvalue weighted by atomic mass is 16.3. The molecule has 0 radical (unpaired) electrons. The molecule has 1 saturated heterocycles. The molecule has 0 aromatic heterocycles. The molecule has 1 aromatic rings. The SMILES string of the molecule is O=C(c1c(O)cccc1O)N1CCN(CCO)CC1. The number of piperazine rings is 1. The molecule has 19 heavy (non-hydrogen) atoms. The van der Waals surface area contributed by atoms with E-state index in [1.807, 2.05) is 0 Å². The minimum absolute atomic E-state index is 0.0434. The number of carbonyl (C=O) groups is 1. The number of carbonyl (C=O) groups excluding carboxylic acids is 1. The maximum Gasteiger partial charge on any atom is 0.261 e. The van der Waals surface area contributed by atoms with Gasteiger partial charge in [-0.1, -0.05) is 6.07 Å². The van der Waals surface area contributed by atoms with Gasteiger partial charge in [-0.15, -0.1) is 0 Å². The highest BCUT2D eigenvalue weighted by Crippen LogP contribution is 2.27. The quantitative estimate of drug-likeness (QED) is 0.708. The normalized spacial score (nSPS) is 16.6. The lowest BCUT2D eigenvalue weighted by Crippen LogP contribution is -2.49. The summed E-state index contributed by atoms with van der Waals surface area (Å²) in [5.41, 5.74) is -0.0434. The zero-order valence-corrected chi connectivity index (χ0v) is 10.6. The molecule has 1 amide bonds. The molecule has 1 aliphatic heterocycles. The molecule has 0 unspecified atom stereocenters. The number of amides is 1. The monoisotopic (exact) mass is 266 g/mol. The fourth-order valence-corrected chi connectivity index (χ4v) is 2.22. The molecule has 1 fully saturated rings. The van der Waals surface area contributed by atoms with E-state index in [0.717, 1.165) is 0 Å². The Balaban J connectivity index is 2.05. The number of hydrogen-bond acceptors (Lipinski definition) is 5. The van der Waals surface area contributed by atoms with Crippen molar-refractivity contribution in [3.63, 3.8) is 0 Å². The van der Waals surface area contributed by atoms with Crippen LogP contribution in [0.2, 0.25) is 0 Å².